The van der Waals surface area contributed by atoms with Crippen LogP contribution in [0.5, 0.6) is 0 Å². The molecule has 14 heavy (non-hydrogen) atoms. The summed E-state index contributed by atoms with van der Waals surface area (Å²) < 4.78 is 0. The van der Waals surface area contributed by atoms with Gasteiger partial charge >= 0.3 is 0 Å². The van der Waals surface area contributed by atoms with Crippen molar-refractivity contribution in [1.82, 2.24) is 4.98 Å². The van der Waals surface area contributed by atoms with Crippen molar-refractivity contribution in [2.24, 2.45) is 0 Å². The summed E-state index contributed by atoms with van der Waals surface area (Å²) in [6, 6.07) is 7.35. The molecular formula is C12H15NO. The van der Waals surface area contributed by atoms with Gasteiger partial charge in [0.1, 0.15) is 0 Å². The van der Waals surface area contributed by atoms with Crippen LogP contribution in [0.1, 0.15) is 19.4 Å². The molecule has 0 radical (unpaired) electrons. The molecule has 0 amide bonds. The Morgan fingerprint density at radius 1 is 1.14 bits per heavy atom. The van der Waals surface area contributed by atoms with Crippen LogP contribution in [0.3, 0.4) is 0 Å². The predicted octanol–water partition coefficient (Wildman–Crippen LogP) is 2.86. The van der Waals surface area contributed by atoms with E-state index in [4.69, 9.17) is 0 Å². The maximum atomic E-state index is 11.3. The van der Waals surface area contributed by atoms with Gasteiger partial charge in [0.05, 0.1) is 0 Å². The Bertz CT molecular complexity index is 471. The van der Waals surface area contributed by atoms with Gasteiger partial charge in [0.25, 0.3) is 0 Å². The van der Waals surface area contributed by atoms with Crippen molar-refractivity contribution in [1.29, 1.82) is 0 Å². The summed E-state index contributed by atoms with van der Waals surface area (Å²) in [6.07, 6.45) is 1.67. The van der Waals surface area contributed by atoms with Crippen molar-refractivity contribution in [3.8, 4) is 0 Å². The lowest BCUT2D eigenvalue weighted by Crippen LogP contribution is -1.99. The molecule has 0 spiro atoms. The van der Waals surface area contributed by atoms with Gasteiger partial charge in [0, 0.05) is 23.2 Å². The zero-order valence-corrected chi connectivity index (χ0v) is 8.79. The number of rotatable bonds is 0. The molecular weight excluding hydrogens is 174 g/mol. The highest BCUT2D eigenvalue weighted by molar-refractivity contribution is 5.78. The Hall–Kier alpha value is -1.57. The lowest BCUT2D eigenvalue weighted by atomic mass is 10.1. The lowest BCUT2D eigenvalue weighted by molar-refractivity contribution is 1.37. The molecule has 1 N–H and O–H groups in total. The van der Waals surface area contributed by atoms with E-state index in [9.17, 15) is 4.79 Å². The van der Waals surface area contributed by atoms with Crippen LogP contribution in [-0.2, 0) is 0 Å². The highest BCUT2D eigenvalue weighted by Crippen LogP contribution is 2.08. The van der Waals surface area contributed by atoms with E-state index < -0.39 is 0 Å². The van der Waals surface area contributed by atoms with Gasteiger partial charge in [-0.2, -0.15) is 0 Å². The van der Waals surface area contributed by atoms with Gasteiger partial charge in [0.2, 0.25) is 0 Å². The number of hydrogen-bond donors (Lipinski definition) is 1. The number of aryl methyl sites for hydroxylation is 1. The van der Waals surface area contributed by atoms with Crippen LogP contribution < -0.4 is 5.43 Å². The van der Waals surface area contributed by atoms with Crippen LogP contribution in [0.15, 0.2) is 35.3 Å². The van der Waals surface area contributed by atoms with E-state index in [2.05, 4.69) is 4.98 Å². The van der Waals surface area contributed by atoms with E-state index in [1.165, 1.54) is 0 Å². The van der Waals surface area contributed by atoms with Crippen molar-refractivity contribution in [3.05, 3.63) is 46.2 Å². The number of pyridine rings is 1. The first-order valence-corrected chi connectivity index (χ1v) is 4.85. The Labute approximate surface area is 83.6 Å². The summed E-state index contributed by atoms with van der Waals surface area (Å²) in [4.78, 5) is 14.3. The predicted molar refractivity (Wildman–Crippen MR) is 60.7 cm³/mol. The van der Waals surface area contributed by atoms with E-state index >= 15 is 0 Å². The maximum absolute atomic E-state index is 11.3. The summed E-state index contributed by atoms with van der Waals surface area (Å²) in [5.74, 6) is 0. The highest BCUT2D eigenvalue weighted by atomic mass is 16.1. The standard InChI is InChI=1S/C10H9NO.C2H6/c1-7-2-3-9-8(6-7)10(12)4-5-11-9;1-2/h2-6H,1H3,(H,11,12);1-2H3. The second-order valence-corrected chi connectivity index (χ2v) is 2.89. The zero-order valence-electron chi connectivity index (χ0n) is 8.79. The molecule has 0 saturated heterocycles. The summed E-state index contributed by atoms with van der Waals surface area (Å²) in [5, 5.41) is 0.762. The number of fused-ring (bicyclic) bond motifs is 1. The van der Waals surface area contributed by atoms with Crippen molar-refractivity contribution in [2.45, 2.75) is 20.8 Å². The fourth-order valence-corrected chi connectivity index (χ4v) is 1.28. The molecule has 2 nitrogen and oxygen atoms in total. The second kappa shape index (κ2) is 4.61. The van der Waals surface area contributed by atoms with Crippen LogP contribution in [0.2, 0.25) is 0 Å². The van der Waals surface area contributed by atoms with Crippen molar-refractivity contribution >= 4 is 10.9 Å². The summed E-state index contributed by atoms with van der Waals surface area (Å²) in [5.41, 5.74) is 2.08. The molecule has 1 heterocycles. The maximum Gasteiger partial charge on any atom is 0.189 e. The highest BCUT2D eigenvalue weighted by Gasteiger charge is 1.95. The van der Waals surface area contributed by atoms with Crippen molar-refractivity contribution in [3.63, 3.8) is 0 Å². The van der Waals surface area contributed by atoms with Gasteiger partial charge in [-0.25, -0.2) is 0 Å². The molecule has 0 aliphatic rings. The average molecular weight is 189 g/mol. The number of benzene rings is 1. The Morgan fingerprint density at radius 3 is 2.57 bits per heavy atom. The van der Waals surface area contributed by atoms with Crippen LogP contribution >= 0.6 is 0 Å². The third-order valence-corrected chi connectivity index (χ3v) is 1.91. The van der Waals surface area contributed by atoms with E-state index in [-0.39, 0.29) is 5.43 Å². The van der Waals surface area contributed by atoms with Crippen LogP contribution in [0, 0.1) is 6.92 Å². The van der Waals surface area contributed by atoms with Gasteiger partial charge in [0.15, 0.2) is 5.43 Å². The second-order valence-electron chi connectivity index (χ2n) is 2.89. The Kier molecular flexibility index (Phi) is 3.46. The van der Waals surface area contributed by atoms with E-state index in [0.29, 0.717) is 0 Å². The fraction of sp³-hybridized carbons (Fsp3) is 0.250. The first-order valence-electron chi connectivity index (χ1n) is 4.85. The van der Waals surface area contributed by atoms with Gasteiger partial charge in [-0.3, -0.25) is 4.79 Å². The molecule has 0 bridgehead atoms. The molecule has 1 aromatic carbocycles. The Balaban J connectivity index is 0.000000461. The zero-order chi connectivity index (χ0) is 10.6. The molecule has 0 unspecified atom stereocenters. The molecule has 2 rings (SSSR count). The SMILES string of the molecule is CC.Cc1ccc2[nH]ccc(=O)c2c1. The van der Waals surface area contributed by atoms with E-state index in [0.717, 1.165) is 16.5 Å². The van der Waals surface area contributed by atoms with Crippen LogP contribution in [0.25, 0.3) is 10.9 Å². The normalized spacial score (nSPS) is 9.36. The molecule has 0 aliphatic heterocycles. The van der Waals surface area contributed by atoms with E-state index in [1.807, 2.05) is 39.0 Å². The number of aromatic amines is 1. The third-order valence-electron chi connectivity index (χ3n) is 1.91. The molecule has 2 heteroatoms. The molecule has 1 aromatic heterocycles. The smallest absolute Gasteiger partial charge is 0.189 e. The summed E-state index contributed by atoms with van der Waals surface area (Å²) in [6.45, 7) is 5.98. The molecule has 0 fully saturated rings. The minimum atomic E-state index is 0.0763. The minimum Gasteiger partial charge on any atom is -0.361 e. The number of hydrogen-bond acceptors (Lipinski definition) is 1. The lowest BCUT2D eigenvalue weighted by Gasteiger charge is -1.96. The summed E-state index contributed by atoms with van der Waals surface area (Å²) >= 11 is 0. The quantitative estimate of drug-likeness (QED) is 0.679. The number of H-pyrrole nitrogens is 1. The van der Waals surface area contributed by atoms with Crippen molar-refractivity contribution < 1.29 is 0 Å². The minimum absolute atomic E-state index is 0.0763. The molecule has 74 valence electrons. The summed E-state index contributed by atoms with van der Waals surface area (Å²) in [7, 11) is 0. The fourth-order valence-electron chi connectivity index (χ4n) is 1.28. The molecule has 0 atom stereocenters. The van der Waals surface area contributed by atoms with Crippen molar-refractivity contribution in [2.75, 3.05) is 0 Å². The largest absolute Gasteiger partial charge is 0.361 e. The number of aromatic nitrogens is 1. The molecule has 0 saturated carbocycles. The molecule has 0 aliphatic carbocycles. The average Bonchev–Trinajstić information content (AvgIpc) is 2.22. The van der Waals surface area contributed by atoms with E-state index in [1.54, 1.807) is 12.3 Å². The van der Waals surface area contributed by atoms with Gasteiger partial charge < -0.3 is 4.98 Å². The monoisotopic (exact) mass is 189 g/mol. The topological polar surface area (TPSA) is 32.9 Å². The van der Waals surface area contributed by atoms with Gasteiger partial charge in [-0.05, 0) is 19.1 Å². The first-order chi connectivity index (χ1) is 6.77. The number of nitrogens with one attached hydrogen (secondary N) is 1. The molecule has 2 aromatic rings. The first kappa shape index (κ1) is 10.5. The van der Waals surface area contributed by atoms with Crippen LogP contribution in [-0.4, -0.2) is 4.98 Å². The Morgan fingerprint density at radius 2 is 1.86 bits per heavy atom. The van der Waals surface area contributed by atoms with Gasteiger partial charge in [-0.1, -0.05) is 25.5 Å². The van der Waals surface area contributed by atoms with Crippen LogP contribution in [0.4, 0.5) is 0 Å². The van der Waals surface area contributed by atoms with Gasteiger partial charge in [-0.15, -0.1) is 0 Å². The third kappa shape index (κ3) is 2.02.